The number of carbonyl (C=O) groups is 1. The Morgan fingerprint density at radius 1 is 1.36 bits per heavy atom. The van der Waals surface area contributed by atoms with E-state index in [0.29, 0.717) is 0 Å². The van der Waals surface area contributed by atoms with Gasteiger partial charge in [-0.25, -0.2) is 0 Å². The van der Waals surface area contributed by atoms with Crippen LogP contribution in [-0.4, -0.2) is 5.91 Å². The zero-order valence-electron chi connectivity index (χ0n) is 6.60. The van der Waals surface area contributed by atoms with E-state index in [0.717, 1.165) is 19.3 Å². The zero-order chi connectivity index (χ0) is 7.73. The molecular weight excluding hydrogens is 138 g/mol. The second kappa shape index (κ2) is 2.36. The lowest BCUT2D eigenvalue weighted by Gasteiger charge is -2.28. The zero-order valence-corrected chi connectivity index (χ0v) is 6.60. The van der Waals surface area contributed by atoms with E-state index in [9.17, 15) is 4.79 Å². The van der Waals surface area contributed by atoms with Crippen LogP contribution in [0.3, 0.4) is 0 Å². The van der Waals surface area contributed by atoms with E-state index >= 15 is 0 Å². The van der Waals surface area contributed by atoms with Crippen molar-refractivity contribution in [3.8, 4) is 0 Å². The summed E-state index contributed by atoms with van der Waals surface area (Å²) < 4.78 is 0. The average molecular weight is 151 g/mol. The first-order chi connectivity index (χ1) is 5.33. The lowest BCUT2D eigenvalue weighted by molar-refractivity contribution is -0.130. The molecule has 2 heteroatoms. The second-order valence-corrected chi connectivity index (χ2v) is 3.57. The Labute approximate surface area is 66.7 Å². The van der Waals surface area contributed by atoms with E-state index in [4.69, 9.17) is 0 Å². The standard InChI is InChI=1S/C9H13NO/c11-8-9(4-1-2-5-9)6-3-7-10-8/h3,7H,1-2,4-6H2,(H,10,11). The fourth-order valence-electron chi connectivity index (χ4n) is 2.15. The van der Waals surface area contributed by atoms with Gasteiger partial charge in [-0.05, 0) is 25.5 Å². The molecule has 2 nitrogen and oxygen atoms in total. The van der Waals surface area contributed by atoms with Crippen LogP contribution in [-0.2, 0) is 4.79 Å². The number of hydrogen-bond acceptors (Lipinski definition) is 1. The minimum absolute atomic E-state index is 0.00521. The minimum atomic E-state index is -0.00521. The van der Waals surface area contributed by atoms with Gasteiger partial charge in [-0.2, -0.15) is 0 Å². The Bertz CT molecular complexity index is 202. The predicted molar refractivity (Wildman–Crippen MR) is 42.8 cm³/mol. The number of nitrogens with one attached hydrogen (secondary N) is 1. The van der Waals surface area contributed by atoms with E-state index in [1.165, 1.54) is 12.8 Å². The Morgan fingerprint density at radius 3 is 2.73 bits per heavy atom. The third-order valence-corrected chi connectivity index (χ3v) is 2.88. The maximum Gasteiger partial charge on any atom is 0.230 e. The van der Waals surface area contributed by atoms with Crippen molar-refractivity contribution in [1.29, 1.82) is 0 Å². The van der Waals surface area contributed by atoms with Gasteiger partial charge in [0.2, 0.25) is 5.91 Å². The van der Waals surface area contributed by atoms with E-state index in [1.807, 2.05) is 0 Å². The summed E-state index contributed by atoms with van der Waals surface area (Å²) in [7, 11) is 0. The van der Waals surface area contributed by atoms with E-state index in [-0.39, 0.29) is 11.3 Å². The number of hydrogen-bond donors (Lipinski definition) is 1. The monoisotopic (exact) mass is 151 g/mol. The highest BCUT2D eigenvalue weighted by Crippen LogP contribution is 2.42. The Balaban J connectivity index is 2.22. The summed E-state index contributed by atoms with van der Waals surface area (Å²) in [5, 5.41) is 2.80. The van der Waals surface area contributed by atoms with Crippen molar-refractivity contribution in [2.75, 3.05) is 0 Å². The molecule has 2 rings (SSSR count). The first-order valence-corrected chi connectivity index (χ1v) is 4.30. The van der Waals surface area contributed by atoms with Crippen molar-refractivity contribution in [3.05, 3.63) is 12.3 Å². The molecule has 0 aromatic carbocycles. The molecule has 0 bridgehead atoms. The van der Waals surface area contributed by atoms with Gasteiger partial charge in [0, 0.05) is 0 Å². The summed E-state index contributed by atoms with van der Waals surface area (Å²) in [5.74, 6) is 0.248. The number of carbonyl (C=O) groups excluding carboxylic acids is 1. The second-order valence-electron chi connectivity index (χ2n) is 3.57. The molecule has 1 heterocycles. The summed E-state index contributed by atoms with van der Waals surface area (Å²) in [5.41, 5.74) is -0.00521. The summed E-state index contributed by atoms with van der Waals surface area (Å²) in [4.78, 5) is 11.5. The van der Waals surface area contributed by atoms with Gasteiger partial charge in [0.05, 0.1) is 5.41 Å². The van der Waals surface area contributed by atoms with Gasteiger partial charge in [0.25, 0.3) is 0 Å². The van der Waals surface area contributed by atoms with Crippen molar-refractivity contribution in [3.63, 3.8) is 0 Å². The molecule has 1 fully saturated rings. The largest absolute Gasteiger partial charge is 0.333 e. The molecule has 0 aromatic rings. The number of rotatable bonds is 0. The molecule has 1 amide bonds. The predicted octanol–water partition coefficient (Wildman–Crippen LogP) is 1.58. The van der Waals surface area contributed by atoms with Crippen LogP contribution in [0.5, 0.6) is 0 Å². The third-order valence-electron chi connectivity index (χ3n) is 2.88. The summed E-state index contributed by atoms with van der Waals surface area (Å²) >= 11 is 0. The highest BCUT2D eigenvalue weighted by atomic mass is 16.2. The molecule has 0 saturated heterocycles. The highest BCUT2D eigenvalue weighted by Gasteiger charge is 2.40. The third kappa shape index (κ3) is 0.971. The first-order valence-electron chi connectivity index (χ1n) is 4.30. The van der Waals surface area contributed by atoms with Crippen LogP contribution in [0.1, 0.15) is 32.1 Å². The highest BCUT2D eigenvalue weighted by molar-refractivity contribution is 5.84. The quantitative estimate of drug-likeness (QED) is 0.559. The SMILES string of the molecule is O=C1NC=CCC12CCCC2. The molecule has 0 unspecified atom stereocenters. The molecule has 11 heavy (non-hydrogen) atoms. The molecule has 60 valence electrons. The van der Waals surface area contributed by atoms with Gasteiger partial charge in [-0.15, -0.1) is 0 Å². The molecule has 0 atom stereocenters. The van der Waals surface area contributed by atoms with Crippen molar-refractivity contribution in [2.45, 2.75) is 32.1 Å². The summed E-state index contributed by atoms with van der Waals surface area (Å²) in [6.07, 6.45) is 9.42. The number of amides is 1. The minimum Gasteiger partial charge on any atom is -0.333 e. The van der Waals surface area contributed by atoms with Gasteiger partial charge in [-0.1, -0.05) is 18.9 Å². The van der Waals surface area contributed by atoms with Gasteiger partial charge < -0.3 is 5.32 Å². The van der Waals surface area contributed by atoms with Crippen molar-refractivity contribution >= 4 is 5.91 Å². The van der Waals surface area contributed by atoms with Crippen molar-refractivity contribution in [1.82, 2.24) is 5.32 Å². The normalized spacial score (nSPS) is 27.5. The molecule has 1 saturated carbocycles. The van der Waals surface area contributed by atoms with Crippen LogP contribution in [0.4, 0.5) is 0 Å². The first kappa shape index (κ1) is 6.89. The fraction of sp³-hybridized carbons (Fsp3) is 0.667. The Hall–Kier alpha value is -0.790. The maximum atomic E-state index is 11.5. The molecule has 1 aliphatic carbocycles. The Morgan fingerprint density at radius 2 is 2.09 bits per heavy atom. The lowest BCUT2D eigenvalue weighted by atomic mass is 9.80. The topological polar surface area (TPSA) is 29.1 Å². The number of allylic oxidation sites excluding steroid dienone is 1. The molecule has 2 aliphatic rings. The average Bonchev–Trinajstić information content (AvgIpc) is 2.46. The van der Waals surface area contributed by atoms with Crippen molar-refractivity contribution in [2.24, 2.45) is 5.41 Å². The van der Waals surface area contributed by atoms with E-state index in [2.05, 4.69) is 11.4 Å². The maximum absolute atomic E-state index is 11.5. The smallest absolute Gasteiger partial charge is 0.230 e. The summed E-state index contributed by atoms with van der Waals surface area (Å²) in [6, 6.07) is 0. The molecule has 1 aliphatic heterocycles. The lowest BCUT2D eigenvalue weighted by Crippen LogP contribution is -2.38. The molecule has 0 radical (unpaired) electrons. The molecular formula is C9H13NO. The van der Waals surface area contributed by atoms with Crippen LogP contribution >= 0.6 is 0 Å². The molecule has 1 spiro atoms. The fourth-order valence-corrected chi connectivity index (χ4v) is 2.15. The summed E-state index contributed by atoms with van der Waals surface area (Å²) in [6.45, 7) is 0. The van der Waals surface area contributed by atoms with E-state index in [1.54, 1.807) is 6.20 Å². The van der Waals surface area contributed by atoms with Crippen LogP contribution in [0.25, 0.3) is 0 Å². The van der Waals surface area contributed by atoms with Crippen LogP contribution < -0.4 is 5.32 Å². The van der Waals surface area contributed by atoms with E-state index < -0.39 is 0 Å². The van der Waals surface area contributed by atoms with Gasteiger partial charge in [-0.3, -0.25) is 4.79 Å². The van der Waals surface area contributed by atoms with Crippen LogP contribution in [0, 0.1) is 5.41 Å². The van der Waals surface area contributed by atoms with Crippen LogP contribution in [0.15, 0.2) is 12.3 Å². The molecule has 0 aromatic heterocycles. The molecule has 1 N–H and O–H groups in total. The van der Waals surface area contributed by atoms with Crippen molar-refractivity contribution < 1.29 is 4.79 Å². The van der Waals surface area contributed by atoms with Gasteiger partial charge in [0.15, 0.2) is 0 Å². The Kier molecular flexibility index (Phi) is 1.48. The van der Waals surface area contributed by atoms with Gasteiger partial charge in [0.1, 0.15) is 0 Å². The van der Waals surface area contributed by atoms with Gasteiger partial charge >= 0.3 is 0 Å². The van der Waals surface area contributed by atoms with Crippen LogP contribution in [0.2, 0.25) is 0 Å².